The lowest BCUT2D eigenvalue weighted by atomic mass is 10.0. The van der Waals surface area contributed by atoms with E-state index in [-0.39, 0.29) is 34.1 Å². The van der Waals surface area contributed by atoms with Gasteiger partial charge in [-0.05, 0) is 43.2 Å². The number of phenolic OH excluding ortho intramolecular Hbond substituents is 2. The molecule has 0 aliphatic rings. The zero-order valence-corrected chi connectivity index (χ0v) is 21.7. The molecule has 13 heteroatoms. The second-order valence-electron chi connectivity index (χ2n) is 9.00. The molecule has 0 bridgehead atoms. The summed E-state index contributed by atoms with van der Waals surface area (Å²) in [5.41, 5.74) is 0.331. The van der Waals surface area contributed by atoms with Crippen molar-refractivity contribution in [1.82, 2.24) is 9.62 Å². The summed E-state index contributed by atoms with van der Waals surface area (Å²) < 4.78 is 27.6. The Morgan fingerprint density at radius 2 is 1.56 bits per heavy atom. The molecule has 39 heavy (non-hydrogen) atoms. The molecule has 3 rings (SSSR count). The van der Waals surface area contributed by atoms with Crippen LogP contribution in [0.2, 0.25) is 0 Å². The van der Waals surface area contributed by atoms with Gasteiger partial charge < -0.3 is 25.7 Å². The fourth-order valence-corrected chi connectivity index (χ4v) is 5.46. The minimum Gasteiger partial charge on any atom is -0.508 e. The number of aliphatic hydroxyl groups is 2. The van der Waals surface area contributed by atoms with Crippen molar-refractivity contribution in [3.8, 4) is 11.5 Å². The molecular weight excluding hydrogens is 530 g/mol. The Hall–Kier alpha value is -4.04. The number of benzene rings is 3. The topological polar surface area (TPSA) is 191 Å². The SMILES string of the molecule is C[C@H](O)CN(C[C@@H](O)[C@H](Cc1ccccc1)NC(=O)c1cc(O)cc(O)c1)S(=O)(=O)c1ccc([N+](=O)[O-])cc1. The second kappa shape index (κ2) is 12.7. The number of rotatable bonds is 12. The number of nitrogens with zero attached hydrogens (tertiary/aromatic N) is 2. The van der Waals surface area contributed by atoms with E-state index in [9.17, 15) is 43.8 Å². The number of phenols is 2. The van der Waals surface area contributed by atoms with E-state index < -0.39 is 52.2 Å². The van der Waals surface area contributed by atoms with Crippen molar-refractivity contribution in [3.63, 3.8) is 0 Å². The second-order valence-corrected chi connectivity index (χ2v) is 10.9. The number of aromatic hydroxyl groups is 2. The maximum atomic E-state index is 13.4. The number of nitro benzene ring substituents is 1. The summed E-state index contributed by atoms with van der Waals surface area (Å²) in [4.78, 5) is 23.0. The monoisotopic (exact) mass is 559 g/mol. The van der Waals surface area contributed by atoms with Crippen molar-refractivity contribution in [2.24, 2.45) is 0 Å². The predicted octanol–water partition coefficient (Wildman–Crippen LogP) is 1.78. The Bertz CT molecular complexity index is 1380. The summed E-state index contributed by atoms with van der Waals surface area (Å²) in [7, 11) is -4.32. The zero-order valence-electron chi connectivity index (χ0n) is 20.9. The summed E-state index contributed by atoms with van der Waals surface area (Å²) in [6.07, 6.45) is -2.51. The standard InChI is InChI=1S/C26H29N3O9S/c1-17(30)15-28(39(37,38)23-9-7-20(8-10-23)29(35)36)16-25(33)24(11-18-5-3-2-4-6-18)27-26(34)19-12-21(31)14-22(32)13-19/h2-10,12-14,17,24-25,30-33H,11,15-16H2,1H3,(H,27,34)/t17-,24-,25+/m0/s1. The van der Waals surface area contributed by atoms with Gasteiger partial charge in [0.15, 0.2) is 0 Å². The molecule has 5 N–H and O–H groups in total. The highest BCUT2D eigenvalue weighted by Crippen LogP contribution is 2.23. The fourth-order valence-electron chi connectivity index (χ4n) is 3.92. The van der Waals surface area contributed by atoms with Crippen molar-refractivity contribution in [1.29, 1.82) is 0 Å². The lowest BCUT2D eigenvalue weighted by Crippen LogP contribution is -2.51. The highest BCUT2D eigenvalue weighted by atomic mass is 32.2. The van der Waals surface area contributed by atoms with Gasteiger partial charge >= 0.3 is 0 Å². The average Bonchev–Trinajstić information content (AvgIpc) is 2.87. The van der Waals surface area contributed by atoms with Crippen LogP contribution in [0.5, 0.6) is 11.5 Å². The van der Waals surface area contributed by atoms with Crippen molar-refractivity contribution in [2.75, 3.05) is 13.1 Å². The van der Waals surface area contributed by atoms with Crippen LogP contribution in [0.4, 0.5) is 5.69 Å². The number of non-ortho nitro benzene ring substituents is 1. The van der Waals surface area contributed by atoms with E-state index in [1.807, 2.05) is 0 Å². The molecule has 0 spiro atoms. The first-order valence-corrected chi connectivity index (χ1v) is 13.3. The molecule has 0 heterocycles. The maximum absolute atomic E-state index is 13.4. The molecule has 0 unspecified atom stereocenters. The van der Waals surface area contributed by atoms with E-state index in [4.69, 9.17) is 0 Å². The van der Waals surface area contributed by atoms with Gasteiger partial charge in [0.25, 0.3) is 11.6 Å². The molecule has 1 amide bonds. The summed E-state index contributed by atoms with van der Waals surface area (Å²) in [5.74, 6) is -1.43. The van der Waals surface area contributed by atoms with Crippen molar-refractivity contribution in [3.05, 3.63) is 94.0 Å². The highest BCUT2D eigenvalue weighted by Gasteiger charge is 2.32. The maximum Gasteiger partial charge on any atom is 0.269 e. The first kappa shape index (κ1) is 29.5. The third-order valence-corrected chi connectivity index (χ3v) is 7.63. The quantitative estimate of drug-likeness (QED) is 0.163. The number of nitrogens with one attached hydrogen (secondary N) is 1. The lowest BCUT2D eigenvalue weighted by Gasteiger charge is -2.30. The minimum atomic E-state index is -4.32. The number of hydrogen-bond donors (Lipinski definition) is 5. The summed E-state index contributed by atoms with van der Waals surface area (Å²) in [6, 6.07) is 15.3. The van der Waals surface area contributed by atoms with Crippen LogP contribution in [0.25, 0.3) is 0 Å². The molecule has 0 aromatic heterocycles. The van der Waals surface area contributed by atoms with Gasteiger partial charge in [0.2, 0.25) is 10.0 Å². The van der Waals surface area contributed by atoms with Crippen LogP contribution < -0.4 is 5.32 Å². The molecule has 3 aromatic carbocycles. The normalized spacial score (nSPS) is 13.9. The van der Waals surface area contributed by atoms with E-state index >= 15 is 0 Å². The Morgan fingerprint density at radius 1 is 0.974 bits per heavy atom. The van der Waals surface area contributed by atoms with Crippen LogP contribution in [0.1, 0.15) is 22.8 Å². The number of nitro groups is 1. The van der Waals surface area contributed by atoms with Crippen LogP contribution in [-0.4, -0.2) is 75.3 Å². The zero-order chi connectivity index (χ0) is 28.7. The fraction of sp³-hybridized carbons (Fsp3) is 0.269. The molecule has 0 saturated heterocycles. The Balaban J connectivity index is 1.91. The van der Waals surface area contributed by atoms with E-state index in [0.717, 1.165) is 52.3 Å². The summed E-state index contributed by atoms with van der Waals surface area (Å²) in [6.45, 7) is 0.429. The molecule has 3 atom stereocenters. The number of amides is 1. The molecule has 0 saturated carbocycles. The smallest absolute Gasteiger partial charge is 0.269 e. The van der Waals surface area contributed by atoms with E-state index in [2.05, 4.69) is 5.32 Å². The molecular formula is C26H29N3O9S. The van der Waals surface area contributed by atoms with Gasteiger partial charge in [0, 0.05) is 36.9 Å². The number of carbonyl (C=O) groups is 1. The van der Waals surface area contributed by atoms with Crippen LogP contribution in [0.15, 0.2) is 77.7 Å². The van der Waals surface area contributed by atoms with Crippen molar-refractivity contribution < 1.29 is 38.6 Å². The highest BCUT2D eigenvalue weighted by molar-refractivity contribution is 7.89. The Labute approximate surface area is 225 Å². The predicted molar refractivity (Wildman–Crippen MR) is 141 cm³/mol. The third-order valence-electron chi connectivity index (χ3n) is 5.79. The van der Waals surface area contributed by atoms with Gasteiger partial charge in [-0.25, -0.2) is 8.42 Å². The molecule has 0 fully saturated rings. The van der Waals surface area contributed by atoms with Gasteiger partial charge in [0.1, 0.15) is 11.5 Å². The molecule has 12 nitrogen and oxygen atoms in total. The van der Waals surface area contributed by atoms with Crippen LogP contribution >= 0.6 is 0 Å². The molecule has 0 aliphatic carbocycles. The van der Waals surface area contributed by atoms with Crippen LogP contribution in [0.3, 0.4) is 0 Å². The van der Waals surface area contributed by atoms with Gasteiger partial charge in [-0.2, -0.15) is 4.31 Å². The largest absolute Gasteiger partial charge is 0.508 e. The first-order valence-electron chi connectivity index (χ1n) is 11.9. The molecule has 208 valence electrons. The van der Waals surface area contributed by atoms with Gasteiger partial charge in [-0.3, -0.25) is 14.9 Å². The van der Waals surface area contributed by atoms with Gasteiger partial charge in [-0.1, -0.05) is 30.3 Å². The number of aliphatic hydroxyl groups excluding tert-OH is 2. The number of sulfonamides is 1. The van der Waals surface area contributed by atoms with E-state index in [0.29, 0.717) is 0 Å². The van der Waals surface area contributed by atoms with Gasteiger partial charge in [-0.15, -0.1) is 0 Å². The first-order chi connectivity index (χ1) is 18.4. The Morgan fingerprint density at radius 3 is 2.10 bits per heavy atom. The molecule has 3 aromatic rings. The van der Waals surface area contributed by atoms with Crippen LogP contribution in [0, 0.1) is 10.1 Å². The average molecular weight is 560 g/mol. The van der Waals surface area contributed by atoms with Crippen LogP contribution in [-0.2, 0) is 16.4 Å². The van der Waals surface area contributed by atoms with Gasteiger partial charge in [0.05, 0.1) is 28.1 Å². The van der Waals surface area contributed by atoms with E-state index in [1.54, 1.807) is 30.3 Å². The summed E-state index contributed by atoms with van der Waals surface area (Å²) in [5, 5.41) is 54.3. The Kier molecular flexibility index (Phi) is 9.59. The van der Waals surface area contributed by atoms with Crippen molar-refractivity contribution in [2.45, 2.75) is 36.5 Å². The number of carbonyl (C=O) groups excluding carboxylic acids is 1. The number of hydrogen-bond acceptors (Lipinski definition) is 9. The lowest BCUT2D eigenvalue weighted by molar-refractivity contribution is -0.384. The molecule has 0 radical (unpaired) electrons. The minimum absolute atomic E-state index is 0.0860. The van der Waals surface area contributed by atoms with Crippen molar-refractivity contribution >= 4 is 21.6 Å². The summed E-state index contributed by atoms with van der Waals surface area (Å²) >= 11 is 0. The van der Waals surface area contributed by atoms with E-state index in [1.165, 1.54) is 6.92 Å². The molecule has 0 aliphatic heterocycles. The third kappa shape index (κ3) is 7.97.